The average Bonchev–Trinajstić information content (AvgIpc) is 2.29. The van der Waals surface area contributed by atoms with Crippen LogP contribution in [0.2, 0.25) is 10.0 Å². The Hall–Kier alpha value is -1.04. The maximum absolute atomic E-state index is 10.8. The first-order chi connectivity index (χ1) is 7.95. The number of rotatable bonds is 5. The molecule has 1 unspecified atom stereocenters. The Morgan fingerprint density at radius 2 is 2.06 bits per heavy atom. The van der Waals surface area contributed by atoms with Gasteiger partial charge in [0, 0.05) is 12.6 Å². The van der Waals surface area contributed by atoms with E-state index in [0.29, 0.717) is 6.42 Å². The SMILES string of the molecule is CCC(O)CNc1cc(Cl)c(Cl)cc1[N+](=O)[O-]. The van der Waals surface area contributed by atoms with Crippen molar-refractivity contribution < 1.29 is 10.0 Å². The van der Waals surface area contributed by atoms with Gasteiger partial charge in [0.15, 0.2) is 0 Å². The Morgan fingerprint density at radius 3 is 2.59 bits per heavy atom. The van der Waals surface area contributed by atoms with Crippen LogP contribution in [0.5, 0.6) is 0 Å². The third-order valence-corrected chi connectivity index (χ3v) is 2.96. The van der Waals surface area contributed by atoms with E-state index in [2.05, 4.69) is 5.32 Å². The van der Waals surface area contributed by atoms with Crippen LogP contribution in [0.25, 0.3) is 0 Å². The first-order valence-corrected chi connectivity index (χ1v) is 5.76. The Labute approximate surface area is 108 Å². The highest BCUT2D eigenvalue weighted by Gasteiger charge is 2.17. The Kier molecular flexibility index (Phi) is 4.99. The number of aliphatic hydroxyl groups excluding tert-OH is 1. The first-order valence-electron chi connectivity index (χ1n) is 5.01. The van der Waals surface area contributed by atoms with Crippen LogP contribution in [0.3, 0.4) is 0 Å². The lowest BCUT2D eigenvalue weighted by Gasteiger charge is -2.11. The van der Waals surface area contributed by atoms with Gasteiger partial charge in [0.25, 0.3) is 5.69 Å². The molecular weight excluding hydrogens is 267 g/mol. The minimum absolute atomic E-state index is 0.125. The largest absolute Gasteiger partial charge is 0.391 e. The predicted molar refractivity (Wildman–Crippen MR) is 67.9 cm³/mol. The molecule has 0 aliphatic carbocycles. The number of benzene rings is 1. The number of nitro benzene ring substituents is 1. The molecule has 0 radical (unpaired) electrons. The standard InChI is InChI=1S/C10H12Cl2N2O3/c1-2-6(15)5-13-9-3-7(11)8(12)4-10(9)14(16)17/h3-4,6,13,15H,2,5H2,1H3. The molecule has 0 aromatic heterocycles. The topological polar surface area (TPSA) is 75.4 Å². The monoisotopic (exact) mass is 278 g/mol. The first kappa shape index (κ1) is 14.0. The van der Waals surface area contributed by atoms with E-state index in [1.54, 1.807) is 0 Å². The van der Waals surface area contributed by atoms with Crippen molar-refractivity contribution in [2.75, 3.05) is 11.9 Å². The van der Waals surface area contributed by atoms with E-state index in [9.17, 15) is 15.2 Å². The van der Waals surface area contributed by atoms with Gasteiger partial charge in [-0.15, -0.1) is 0 Å². The quantitative estimate of drug-likeness (QED) is 0.641. The number of anilines is 1. The average molecular weight is 279 g/mol. The van der Waals surface area contributed by atoms with E-state index in [1.165, 1.54) is 12.1 Å². The molecule has 0 saturated carbocycles. The number of nitro groups is 1. The molecule has 1 aromatic rings. The second-order valence-corrected chi connectivity index (χ2v) is 4.30. The summed E-state index contributed by atoms with van der Waals surface area (Å²) in [5.41, 5.74) is 0.0830. The molecule has 0 amide bonds. The molecule has 17 heavy (non-hydrogen) atoms. The van der Waals surface area contributed by atoms with Crippen LogP contribution in [0.15, 0.2) is 12.1 Å². The van der Waals surface area contributed by atoms with Crippen molar-refractivity contribution >= 4 is 34.6 Å². The van der Waals surface area contributed by atoms with Crippen LogP contribution >= 0.6 is 23.2 Å². The molecule has 1 rings (SSSR count). The van der Waals surface area contributed by atoms with Gasteiger partial charge in [-0.25, -0.2) is 0 Å². The van der Waals surface area contributed by atoms with Gasteiger partial charge in [-0.3, -0.25) is 10.1 Å². The predicted octanol–water partition coefficient (Wildman–Crippen LogP) is 3.08. The zero-order valence-electron chi connectivity index (χ0n) is 9.11. The van der Waals surface area contributed by atoms with Crippen molar-refractivity contribution in [3.63, 3.8) is 0 Å². The zero-order chi connectivity index (χ0) is 13.0. The zero-order valence-corrected chi connectivity index (χ0v) is 10.6. The molecule has 0 saturated heterocycles. The van der Waals surface area contributed by atoms with Crippen molar-refractivity contribution in [2.24, 2.45) is 0 Å². The normalized spacial score (nSPS) is 12.2. The minimum Gasteiger partial charge on any atom is -0.391 e. The van der Waals surface area contributed by atoms with Crippen molar-refractivity contribution in [2.45, 2.75) is 19.4 Å². The van der Waals surface area contributed by atoms with E-state index in [-0.39, 0.29) is 28.0 Å². The molecule has 0 heterocycles. The van der Waals surface area contributed by atoms with Gasteiger partial charge in [-0.2, -0.15) is 0 Å². The van der Waals surface area contributed by atoms with Crippen molar-refractivity contribution in [1.82, 2.24) is 0 Å². The third kappa shape index (κ3) is 3.73. The molecule has 7 heteroatoms. The molecule has 94 valence electrons. The fraction of sp³-hybridized carbons (Fsp3) is 0.400. The smallest absolute Gasteiger partial charge is 0.293 e. The lowest BCUT2D eigenvalue weighted by molar-refractivity contribution is -0.383. The summed E-state index contributed by atoms with van der Waals surface area (Å²) in [7, 11) is 0. The molecular formula is C10H12Cl2N2O3. The highest BCUT2D eigenvalue weighted by molar-refractivity contribution is 6.42. The summed E-state index contributed by atoms with van der Waals surface area (Å²) >= 11 is 11.5. The molecule has 0 aliphatic rings. The fourth-order valence-corrected chi connectivity index (χ4v) is 1.52. The number of aliphatic hydroxyl groups is 1. The summed E-state index contributed by atoms with van der Waals surface area (Å²) in [4.78, 5) is 10.2. The van der Waals surface area contributed by atoms with Crippen LogP contribution in [0.1, 0.15) is 13.3 Å². The van der Waals surface area contributed by atoms with Crippen LogP contribution in [-0.2, 0) is 0 Å². The van der Waals surface area contributed by atoms with E-state index >= 15 is 0 Å². The van der Waals surface area contributed by atoms with Crippen LogP contribution in [0.4, 0.5) is 11.4 Å². The van der Waals surface area contributed by atoms with Gasteiger partial charge in [0.1, 0.15) is 5.69 Å². The van der Waals surface area contributed by atoms with Crippen LogP contribution in [-0.4, -0.2) is 22.7 Å². The van der Waals surface area contributed by atoms with Crippen LogP contribution in [0, 0.1) is 10.1 Å². The summed E-state index contributed by atoms with van der Waals surface area (Å²) in [6.07, 6.45) is -0.00803. The lowest BCUT2D eigenvalue weighted by atomic mass is 10.2. The molecule has 5 nitrogen and oxygen atoms in total. The summed E-state index contributed by atoms with van der Waals surface area (Å²) in [6.45, 7) is 2.03. The Balaban J connectivity index is 2.96. The highest BCUT2D eigenvalue weighted by Crippen LogP contribution is 2.33. The molecule has 1 atom stereocenters. The van der Waals surface area contributed by atoms with Gasteiger partial charge in [0.2, 0.25) is 0 Å². The summed E-state index contributed by atoms with van der Waals surface area (Å²) in [6, 6.07) is 2.56. The number of halogens is 2. The van der Waals surface area contributed by atoms with Crippen molar-refractivity contribution in [3.8, 4) is 0 Å². The number of nitrogens with zero attached hydrogens (tertiary/aromatic N) is 1. The van der Waals surface area contributed by atoms with Gasteiger partial charge < -0.3 is 10.4 Å². The van der Waals surface area contributed by atoms with E-state index in [1.807, 2.05) is 6.92 Å². The Bertz CT molecular complexity index is 426. The second kappa shape index (κ2) is 6.05. The van der Waals surface area contributed by atoms with E-state index in [0.717, 1.165) is 0 Å². The second-order valence-electron chi connectivity index (χ2n) is 3.48. The highest BCUT2D eigenvalue weighted by atomic mass is 35.5. The van der Waals surface area contributed by atoms with Gasteiger partial charge in [-0.05, 0) is 12.5 Å². The maximum atomic E-state index is 10.8. The fourth-order valence-electron chi connectivity index (χ4n) is 1.20. The number of nitrogens with one attached hydrogen (secondary N) is 1. The molecule has 0 fully saturated rings. The molecule has 0 spiro atoms. The number of hydrogen-bond donors (Lipinski definition) is 2. The van der Waals surface area contributed by atoms with Gasteiger partial charge in [-0.1, -0.05) is 30.1 Å². The molecule has 1 aromatic carbocycles. The van der Waals surface area contributed by atoms with Crippen molar-refractivity contribution in [3.05, 3.63) is 32.3 Å². The van der Waals surface area contributed by atoms with Gasteiger partial charge >= 0.3 is 0 Å². The third-order valence-electron chi connectivity index (χ3n) is 2.23. The number of hydrogen-bond acceptors (Lipinski definition) is 4. The van der Waals surface area contributed by atoms with Crippen LogP contribution < -0.4 is 5.32 Å². The minimum atomic E-state index is -0.566. The van der Waals surface area contributed by atoms with E-state index in [4.69, 9.17) is 23.2 Å². The lowest BCUT2D eigenvalue weighted by Crippen LogP contribution is -2.18. The maximum Gasteiger partial charge on any atom is 0.293 e. The Morgan fingerprint density at radius 1 is 1.47 bits per heavy atom. The van der Waals surface area contributed by atoms with Crippen molar-refractivity contribution in [1.29, 1.82) is 0 Å². The summed E-state index contributed by atoms with van der Waals surface area (Å²) in [5.74, 6) is 0. The van der Waals surface area contributed by atoms with Gasteiger partial charge in [0.05, 0.1) is 21.1 Å². The molecule has 0 aliphatic heterocycles. The molecule has 2 N–H and O–H groups in total. The molecule has 0 bridgehead atoms. The summed E-state index contributed by atoms with van der Waals surface area (Å²) in [5, 5.41) is 23.3. The van der Waals surface area contributed by atoms with E-state index < -0.39 is 11.0 Å². The summed E-state index contributed by atoms with van der Waals surface area (Å²) < 4.78 is 0.